The molecule has 1 unspecified atom stereocenters. The average Bonchev–Trinajstić information content (AvgIpc) is 3.11. The maximum Gasteiger partial charge on any atom is 0.131 e. The highest BCUT2D eigenvalue weighted by molar-refractivity contribution is 6.30. The Morgan fingerprint density at radius 2 is 1.72 bits per heavy atom. The minimum Gasteiger partial charge on any atom is -0.383 e. The van der Waals surface area contributed by atoms with E-state index in [1.165, 1.54) is 0 Å². The molecule has 0 aliphatic heterocycles. The Hall–Kier alpha value is -3.15. The van der Waals surface area contributed by atoms with Gasteiger partial charge in [-0.3, -0.25) is 4.68 Å². The third-order valence-corrected chi connectivity index (χ3v) is 5.30. The van der Waals surface area contributed by atoms with E-state index in [2.05, 4.69) is 17.1 Å². The van der Waals surface area contributed by atoms with Gasteiger partial charge in [0.2, 0.25) is 0 Å². The van der Waals surface area contributed by atoms with Crippen LogP contribution < -0.4 is 11.5 Å². The summed E-state index contributed by atoms with van der Waals surface area (Å²) in [6, 6.07) is 19.7. The first-order chi connectivity index (χ1) is 14.1. The first kappa shape index (κ1) is 19.2. The summed E-state index contributed by atoms with van der Waals surface area (Å²) in [5, 5.41) is 5.44. The van der Waals surface area contributed by atoms with Crippen LogP contribution in [0.2, 0.25) is 5.02 Å². The Kier molecular flexibility index (Phi) is 5.34. The van der Waals surface area contributed by atoms with Crippen LogP contribution >= 0.6 is 11.6 Å². The van der Waals surface area contributed by atoms with Gasteiger partial charge in [0.1, 0.15) is 5.82 Å². The molecule has 0 saturated carbocycles. The number of rotatable bonds is 5. The van der Waals surface area contributed by atoms with Gasteiger partial charge in [-0.2, -0.15) is 5.10 Å². The molecular weight excluding hydrogens is 382 g/mol. The van der Waals surface area contributed by atoms with Crippen molar-refractivity contribution in [3.05, 3.63) is 89.3 Å². The van der Waals surface area contributed by atoms with E-state index in [0.29, 0.717) is 17.4 Å². The van der Waals surface area contributed by atoms with Gasteiger partial charge >= 0.3 is 0 Å². The molecule has 0 radical (unpaired) electrons. The number of hydrogen-bond acceptors (Lipinski definition) is 4. The molecule has 2 heterocycles. The molecule has 0 spiro atoms. The third-order valence-electron chi connectivity index (χ3n) is 5.05. The minimum atomic E-state index is -0.0400. The third kappa shape index (κ3) is 3.75. The number of aromatic nitrogens is 3. The number of anilines is 1. The summed E-state index contributed by atoms with van der Waals surface area (Å²) in [6.07, 6.45) is 3.76. The topological polar surface area (TPSA) is 82.8 Å². The number of hydrogen-bond donors (Lipinski definition) is 2. The zero-order valence-electron chi connectivity index (χ0n) is 16.1. The SMILES string of the molecule is Cc1nn(C(CN)c2ccccc2)cc1-c1ccnc(N)c1-c1ccc(Cl)cc1. The van der Waals surface area contributed by atoms with E-state index in [-0.39, 0.29) is 6.04 Å². The molecule has 5 nitrogen and oxygen atoms in total. The molecule has 2 aromatic heterocycles. The predicted molar refractivity (Wildman–Crippen MR) is 119 cm³/mol. The van der Waals surface area contributed by atoms with E-state index in [0.717, 1.165) is 33.5 Å². The summed E-state index contributed by atoms with van der Waals surface area (Å²) in [4.78, 5) is 4.30. The molecule has 4 aromatic rings. The quantitative estimate of drug-likeness (QED) is 0.505. The second kappa shape index (κ2) is 8.07. The number of benzene rings is 2. The molecule has 0 aliphatic rings. The molecule has 4 N–H and O–H groups in total. The van der Waals surface area contributed by atoms with Gasteiger partial charge in [0.05, 0.1) is 11.7 Å². The lowest BCUT2D eigenvalue weighted by Gasteiger charge is -2.16. The zero-order valence-corrected chi connectivity index (χ0v) is 16.8. The predicted octanol–water partition coefficient (Wildman–Crippen LogP) is 4.70. The van der Waals surface area contributed by atoms with E-state index >= 15 is 0 Å². The Labute approximate surface area is 175 Å². The van der Waals surface area contributed by atoms with Crippen molar-refractivity contribution in [3.63, 3.8) is 0 Å². The van der Waals surface area contributed by atoms with Gasteiger partial charge in [-0.1, -0.05) is 54.1 Å². The molecule has 4 rings (SSSR count). The monoisotopic (exact) mass is 403 g/mol. The highest BCUT2D eigenvalue weighted by Crippen LogP contribution is 2.37. The Morgan fingerprint density at radius 3 is 2.41 bits per heavy atom. The highest BCUT2D eigenvalue weighted by atomic mass is 35.5. The van der Waals surface area contributed by atoms with Crippen molar-refractivity contribution in [1.29, 1.82) is 0 Å². The van der Waals surface area contributed by atoms with Crippen molar-refractivity contribution >= 4 is 17.4 Å². The van der Waals surface area contributed by atoms with Crippen molar-refractivity contribution in [3.8, 4) is 22.3 Å². The van der Waals surface area contributed by atoms with Crippen LogP contribution in [0.5, 0.6) is 0 Å². The van der Waals surface area contributed by atoms with Crippen LogP contribution in [0.3, 0.4) is 0 Å². The van der Waals surface area contributed by atoms with E-state index in [1.807, 2.05) is 66.3 Å². The largest absolute Gasteiger partial charge is 0.383 e. The van der Waals surface area contributed by atoms with E-state index in [1.54, 1.807) is 6.20 Å². The zero-order chi connectivity index (χ0) is 20.4. The highest BCUT2D eigenvalue weighted by Gasteiger charge is 2.19. The van der Waals surface area contributed by atoms with Crippen LogP contribution in [-0.2, 0) is 0 Å². The second-order valence-electron chi connectivity index (χ2n) is 6.90. The first-order valence-corrected chi connectivity index (χ1v) is 9.78. The number of nitrogens with two attached hydrogens (primary N) is 2. The van der Waals surface area contributed by atoms with Crippen LogP contribution in [-0.4, -0.2) is 21.3 Å². The summed E-state index contributed by atoms with van der Waals surface area (Å²) in [5.74, 6) is 0.468. The number of aryl methyl sites for hydroxylation is 1. The molecule has 2 aromatic carbocycles. The number of pyridine rings is 1. The number of nitrogens with zero attached hydrogens (tertiary/aromatic N) is 3. The molecule has 0 aliphatic carbocycles. The van der Waals surface area contributed by atoms with Crippen molar-refractivity contribution in [2.24, 2.45) is 5.73 Å². The minimum absolute atomic E-state index is 0.0400. The molecule has 29 heavy (non-hydrogen) atoms. The van der Waals surface area contributed by atoms with Gasteiger partial charge in [0, 0.05) is 35.1 Å². The van der Waals surface area contributed by atoms with Crippen molar-refractivity contribution in [1.82, 2.24) is 14.8 Å². The molecule has 0 saturated heterocycles. The smallest absolute Gasteiger partial charge is 0.131 e. The average molecular weight is 404 g/mol. The fourth-order valence-electron chi connectivity index (χ4n) is 3.60. The molecule has 0 fully saturated rings. The van der Waals surface area contributed by atoms with E-state index < -0.39 is 0 Å². The van der Waals surface area contributed by atoms with Gasteiger partial charge in [0.25, 0.3) is 0 Å². The summed E-state index contributed by atoms with van der Waals surface area (Å²) >= 11 is 6.06. The van der Waals surface area contributed by atoms with Gasteiger partial charge in [-0.25, -0.2) is 4.98 Å². The second-order valence-corrected chi connectivity index (χ2v) is 7.33. The molecular formula is C23H22ClN5. The summed E-state index contributed by atoms with van der Waals surface area (Å²) < 4.78 is 1.93. The molecule has 0 amide bonds. The van der Waals surface area contributed by atoms with Crippen molar-refractivity contribution < 1.29 is 0 Å². The van der Waals surface area contributed by atoms with Crippen LogP contribution in [0.1, 0.15) is 17.3 Å². The summed E-state index contributed by atoms with van der Waals surface area (Å²) in [7, 11) is 0. The Balaban J connectivity index is 1.83. The molecule has 146 valence electrons. The fourth-order valence-corrected chi connectivity index (χ4v) is 3.73. The van der Waals surface area contributed by atoms with Crippen LogP contribution in [0.4, 0.5) is 5.82 Å². The molecule has 0 bridgehead atoms. The summed E-state index contributed by atoms with van der Waals surface area (Å²) in [5.41, 5.74) is 18.2. The maximum atomic E-state index is 6.27. The number of nitrogen functional groups attached to an aromatic ring is 1. The fraction of sp³-hybridized carbons (Fsp3) is 0.130. The number of halogens is 1. The molecule has 1 atom stereocenters. The first-order valence-electron chi connectivity index (χ1n) is 9.40. The van der Waals surface area contributed by atoms with Gasteiger partial charge < -0.3 is 11.5 Å². The summed E-state index contributed by atoms with van der Waals surface area (Å²) in [6.45, 7) is 2.44. The van der Waals surface area contributed by atoms with Crippen molar-refractivity contribution in [2.45, 2.75) is 13.0 Å². The lowest BCUT2D eigenvalue weighted by atomic mass is 9.96. The van der Waals surface area contributed by atoms with Gasteiger partial charge in [-0.15, -0.1) is 0 Å². The molecule has 6 heteroatoms. The Morgan fingerprint density at radius 1 is 1.00 bits per heavy atom. The van der Waals surface area contributed by atoms with Gasteiger partial charge in [0.15, 0.2) is 0 Å². The van der Waals surface area contributed by atoms with E-state index in [9.17, 15) is 0 Å². The normalized spacial score (nSPS) is 12.1. The lowest BCUT2D eigenvalue weighted by Crippen LogP contribution is -2.20. The van der Waals surface area contributed by atoms with Gasteiger partial charge in [-0.05, 0) is 41.8 Å². The van der Waals surface area contributed by atoms with Crippen LogP contribution in [0.15, 0.2) is 73.1 Å². The standard InChI is InChI=1S/C23H22ClN5/c1-15-20(14-29(28-15)21(13-25)16-5-3-2-4-6-16)19-11-12-27-23(26)22(19)17-7-9-18(24)10-8-17/h2-12,14,21H,13,25H2,1H3,(H2,26,27). The maximum absolute atomic E-state index is 6.27. The van der Waals surface area contributed by atoms with Crippen LogP contribution in [0, 0.1) is 6.92 Å². The Bertz CT molecular complexity index is 1120. The lowest BCUT2D eigenvalue weighted by molar-refractivity contribution is 0.529. The van der Waals surface area contributed by atoms with Crippen molar-refractivity contribution in [2.75, 3.05) is 12.3 Å². The van der Waals surface area contributed by atoms with E-state index in [4.69, 9.17) is 28.2 Å². The van der Waals surface area contributed by atoms with Crippen LogP contribution in [0.25, 0.3) is 22.3 Å².